The average Bonchev–Trinajstić information content (AvgIpc) is 2.67. The van der Waals surface area contributed by atoms with Gasteiger partial charge in [0.15, 0.2) is 0 Å². The Kier molecular flexibility index (Phi) is 5.48. The first-order valence-corrected chi connectivity index (χ1v) is 8.46. The molecule has 0 aliphatic carbocycles. The van der Waals surface area contributed by atoms with Crippen molar-refractivity contribution in [2.75, 3.05) is 31.5 Å². The van der Waals surface area contributed by atoms with Gasteiger partial charge in [-0.3, -0.25) is 19.4 Å². The van der Waals surface area contributed by atoms with Gasteiger partial charge in [0.2, 0.25) is 6.41 Å². The van der Waals surface area contributed by atoms with Crippen molar-refractivity contribution < 1.29 is 14.4 Å². The highest BCUT2D eigenvalue weighted by Gasteiger charge is 2.22. The van der Waals surface area contributed by atoms with Crippen LogP contribution in [0.2, 0.25) is 5.02 Å². The lowest BCUT2D eigenvalue weighted by Crippen LogP contribution is -2.48. The highest BCUT2D eigenvalue weighted by atomic mass is 35.5. The molecule has 0 saturated carbocycles. The molecule has 0 radical (unpaired) electrons. The zero-order chi connectivity index (χ0) is 18.5. The Morgan fingerprint density at radius 1 is 1.12 bits per heavy atom. The van der Waals surface area contributed by atoms with Gasteiger partial charge >= 0.3 is 0 Å². The number of carbonyl (C=O) groups excluding carboxylic acids is 3. The maximum atomic E-state index is 12.6. The SMILES string of the molecule is O=CN1CCN(C(=O)c2ccnc(C(=O)Nc3cccc(Cl)c3)c2)CC1. The van der Waals surface area contributed by atoms with Gasteiger partial charge in [-0.15, -0.1) is 0 Å². The second-order valence-corrected chi connectivity index (χ2v) is 6.26. The summed E-state index contributed by atoms with van der Waals surface area (Å²) < 4.78 is 0. The Balaban J connectivity index is 1.70. The van der Waals surface area contributed by atoms with Crippen molar-refractivity contribution in [2.24, 2.45) is 0 Å². The second-order valence-electron chi connectivity index (χ2n) is 5.83. The van der Waals surface area contributed by atoms with E-state index in [1.54, 1.807) is 40.1 Å². The molecule has 1 aliphatic heterocycles. The maximum Gasteiger partial charge on any atom is 0.274 e. The lowest BCUT2D eigenvalue weighted by Gasteiger charge is -2.32. The van der Waals surface area contributed by atoms with Crippen LogP contribution in [0.25, 0.3) is 0 Å². The third-order valence-corrected chi connectivity index (χ3v) is 4.31. The second kappa shape index (κ2) is 7.97. The minimum atomic E-state index is -0.423. The number of amides is 3. The Morgan fingerprint density at radius 2 is 1.88 bits per heavy atom. The van der Waals surface area contributed by atoms with Gasteiger partial charge in [0.25, 0.3) is 11.8 Å². The van der Waals surface area contributed by atoms with Crippen LogP contribution in [0.3, 0.4) is 0 Å². The molecule has 2 aromatic rings. The molecule has 3 amide bonds. The number of nitrogens with one attached hydrogen (secondary N) is 1. The van der Waals surface area contributed by atoms with Crippen molar-refractivity contribution in [1.29, 1.82) is 0 Å². The third kappa shape index (κ3) is 4.18. The third-order valence-electron chi connectivity index (χ3n) is 4.07. The smallest absolute Gasteiger partial charge is 0.274 e. The molecule has 1 N–H and O–H groups in total. The summed E-state index contributed by atoms with van der Waals surface area (Å²) in [7, 11) is 0. The lowest BCUT2D eigenvalue weighted by molar-refractivity contribution is -0.119. The van der Waals surface area contributed by atoms with E-state index in [2.05, 4.69) is 10.3 Å². The summed E-state index contributed by atoms with van der Waals surface area (Å²) >= 11 is 5.91. The summed E-state index contributed by atoms with van der Waals surface area (Å²) in [4.78, 5) is 43.1. The molecule has 26 heavy (non-hydrogen) atoms. The number of pyridine rings is 1. The van der Waals surface area contributed by atoms with Gasteiger partial charge in [-0.1, -0.05) is 17.7 Å². The molecular formula is C18H17ClN4O3. The number of aromatic nitrogens is 1. The van der Waals surface area contributed by atoms with E-state index in [1.807, 2.05) is 0 Å². The highest BCUT2D eigenvalue weighted by molar-refractivity contribution is 6.30. The van der Waals surface area contributed by atoms with Crippen LogP contribution in [0.15, 0.2) is 42.6 Å². The maximum absolute atomic E-state index is 12.6. The molecule has 0 atom stereocenters. The number of nitrogens with zero attached hydrogens (tertiary/aromatic N) is 3. The molecule has 1 fully saturated rings. The molecule has 7 nitrogen and oxygen atoms in total. The van der Waals surface area contributed by atoms with Crippen LogP contribution < -0.4 is 5.32 Å². The molecule has 0 bridgehead atoms. The number of hydrogen-bond donors (Lipinski definition) is 1. The zero-order valence-electron chi connectivity index (χ0n) is 13.9. The van der Waals surface area contributed by atoms with Gasteiger partial charge in [-0.25, -0.2) is 0 Å². The van der Waals surface area contributed by atoms with E-state index in [4.69, 9.17) is 11.6 Å². The number of carbonyl (C=O) groups is 3. The summed E-state index contributed by atoms with van der Waals surface area (Å²) in [5.41, 5.74) is 1.07. The molecule has 134 valence electrons. The number of halogens is 1. The number of hydrogen-bond acceptors (Lipinski definition) is 4. The van der Waals surface area contributed by atoms with E-state index in [9.17, 15) is 14.4 Å². The van der Waals surface area contributed by atoms with E-state index >= 15 is 0 Å². The molecule has 1 aromatic carbocycles. The molecule has 2 heterocycles. The minimum absolute atomic E-state index is 0.141. The summed E-state index contributed by atoms with van der Waals surface area (Å²) in [5.74, 6) is -0.609. The van der Waals surface area contributed by atoms with Crippen LogP contribution in [-0.4, -0.2) is 59.2 Å². The van der Waals surface area contributed by atoms with Crippen LogP contribution in [0.1, 0.15) is 20.8 Å². The van der Waals surface area contributed by atoms with Gasteiger partial charge in [0.05, 0.1) is 0 Å². The molecule has 0 spiro atoms. The molecule has 1 aromatic heterocycles. The predicted octanol–water partition coefficient (Wildman–Crippen LogP) is 1.90. The van der Waals surface area contributed by atoms with Crippen molar-refractivity contribution in [3.8, 4) is 0 Å². The van der Waals surface area contributed by atoms with Crippen LogP contribution >= 0.6 is 11.6 Å². The van der Waals surface area contributed by atoms with Gasteiger partial charge in [-0.2, -0.15) is 0 Å². The quantitative estimate of drug-likeness (QED) is 0.831. The molecule has 1 aliphatic rings. The molecule has 3 rings (SSSR count). The first kappa shape index (κ1) is 17.9. The zero-order valence-corrected chi connectivity index (χ0v) is 14.6. The Bertz CT molecular complexity index is 835. The van der Waals surface area contributed by atoms with Crippen molar-refractivity contribution in [3.63, 3.8) is 0 Å². The summed E-state index contributed by atoms with van der Waals surface area (Å²) in [6, 6.07) is 9.81. The fourth-order valence-electron chi connectivity index (χ4n) is 2.66. The first-order chi connectivity index (χ1) is 12.6. The molecule has 0 unspecified atom stereocenters. The Hall–Kier alpha value is -2.93. The summed E-state index contributed by atoms with van der Waals surface area (Å²) in [5, 5.41) is 3.21. The van der Waals surface area contributed by atoms with E-state index in [0.29, 0.717) is 42.5 Å². The first-order valence-electron chi connectivity index (χ1n) is 8.08. The van der Waals surface area contributed by atoms with E-state index < -0.39 is 5.91 Å². The normalized spacial score (nSPS) is 14.0. The highest BCUT2D eigenvalue weighted by Crippen LogP contribution is 2.16. The number of benzene rings is 1. The van der Waals surface area contributed by atoms with Crippen LogP contribution in [0, 0.1) is 0 Å². The molecular weight excluding hydrogens is 356 g/mol. The number of piperazine rings is 1. The number of rotatable bonds is 4. The largest absolute Gasteiger partial charge is 0.342 e. The topological polar surface area (TPSA) is 82.6 Å². The fourth-order valence-corrected chi connectivity index (χ4v) is 2.85. The van der Waals surface area contributed by atoms with Gasteiger partial charge < -0.3 is 15.1 Å². The fraction of sp³-hybridized carbons (Fsp3) is 0.222. The minimum Gasteiger partial charge on any atom is -0.342 e. The van der Waals surface area contributed by atoms with E-state index in [1.165, 1.54) is 12.3 Å². The van der Waals surface area contributed by atoms with Gasteiger partial charge in [0, 0.05) is 48.6 Å². The van der Waals surface area contributed by atoms with Crippen molar-refractivity contribution in [3.05, 3.63) is 58.9 Å². The van der Waals surface area contributed by atoms with Crippen molar-refractivity contribution >= 4 is 35.5 Å². The Labute approximate surface area is 155 Å². The van der Waals surface area contributed by atoms with Gasteiger partial charge in [0.1, 0.15) is 5.69 Å². The van der Waals surface area contributed by atoms with Crippen molar-refractivity contribution in [1.82, 2.24) is 14.8 Å². The lowest BCUT2D eigenvalue weighted by atomic mass is 10.1. The Morgan fingerprint density at radius 3 is 2.58 bits per heavy atom. The molecule has 1 saturated heterocycles. The number of anilines is 1. The summed E-state index contributed by atoms with van der Waals surface area (Å²) in [6.45, 7) is 1.93. The van der Waals surface area contributed by atoms with E-state index in [-0.39, 0.29) is 11.6 Å². The molecule has 8 heteroatoms. The van der Waals surface area contributed by atoms with Gasteiger partial charge in [-0.05, 0) is 30.3 Å². The standard InChI is InChI=1S/C18H17ClN4O3/c19-14-2-1-3-15(11-14)21-17(25)16-10-13(4-5-20-16)18(26)23-8-6-22(12-24)7-9-23/h1-5,10-12H,6-9H2,(H,21,25). The average molecular weight is 373 g/mol. The van der Waals surface area contributed by atoms with E-state index in [0.717, 1.165) is 6.41 Å². The predicted molar refractivity (Wildman–Crippen MR) is 97.2 cm³/mol. The summed E-state index contributed by atoms with van der Waals surface area (Å²) in [6.07, 6.45) is 2.22. The van der Waals surface area contributed by atoms with Crippen LogP contribution in [0.5, 0.6) is 0 Å². The monoisotopic (exact) mass is 372 g/mol. The van der Waals surface area contributed by atoms with Crippen LogP contribution in [-0.2, 0) is 4.79 Å². The van der Waals surface area contributed by atoms with Crippen molar-refractivity contribution in [2.45, 2.75) is 0 Å². The van der Waals surface area contributed by atoms with Crippen LogP contribution in [0.4, 0.5) is 5.69 Å².